The first-order chi connectivity index (χ1) is 11.6. The number of anilines is 2. The van der Waals surface area contributed by atoms with Crippen molar-refractivity contribution in [3.8, 4) is 6.07 Å². The molecule has 0 aliphatic rings. The van der Waals surface area contributed by atoms with Gasteiger partial charge in [-0.3, -0.25) is 4.79 Å². The van der Waals surface area contributed by atoms with E-state index in [-0.39, 0.29) is 5.57 Å². The van der Waals surface area contributed by atoms with Crippen molar-refractivity contribution < 1.29 is 9.21 Å². The predicted octanol–water partition coefficient (Wildman–Crippen LogP) is 4.32. The molecule has 1 aromatic carbocycles. The Morgan fingerprint density at radius 1 is 1.25 bits per heavy atom. The Labute approximate surface area is 146 Å². The molecule has 0 unspecified atom stereocenters. The molecule has 5 nitrogen and oxygen atoms in total. The van der Waals surface area contributed by atoms with Crippen LogP contribution in [0.2, 0.25) is 5.02 Å². The van der Waals surface area contributed by atoms with Crippen LogP contribution in [-0.4, -0.2) is 19.0 Å². The smallest absolute Gasteiger partial charge is 0.266 e. The van der Waals surface area contributed by atoms with Crippen molar-refractivity contribution in [2.45, 2.75) is 13.8 Å². The maximum atomic E-state index is 12.2. The van der Waals surface area contributed by atoms with Crippen LogP contribution in [0.3, 0.4) is 0 Å². The molecule has 0 spiro atoms. The summed E-state index contributed by atoms with van der Waals surface area (Å²) in [5.41, 5.74) is 0.527. The number of hydrogen-bond acceptors (Lipinski definition) is 4. The third-order valence-electron chi connectivity index (χ3n) is 3.44. The van der Waals surface area contributed by atoms with E-state index in [1.165, 1.54) is 6.08 Å². The van der Waals surface area contributed by atoms with E-state index in [9.17, 15) is 10.1 Å². The SMILES string of the molecule is CCN(CC)c1ccc(/C=C(\C#N)C(=O)Nc2ccc(Cl)cc2)o1. The zero-order chi connectivity index (χ0) is 17.5. The van der Waals surface area contributed by atoms with Gasteiger partial charge in [-0.1, -0.05) is 11.6 Å². The van der Waals surface area contributed by atoms with E-state index in [4.69, 9.17) is 16.0 Å². The van der Waals surface area contributed by atoms with Crippen LogP contribution in [-0.2, 0) is 4.79 Å². The van der Waals surface area contributed by atoms with E-state index >= 15 is 0 Å². The van der Waals surface area contributed by atoms with Gasteiger partial charge in [-0.25, -0.2) is 0 Å². The van der Waals surface area contributed by atoms with Crippen molar-refractivity contribution in [2.75, 3.05) is 23.3 Å². The summed E-state index contributed by atoms with van der Waals surface area (Å²) < 4.78 is 5.68. The number of furan rings is 1. The van der Waals surface area contributed by atoms with Gasteiger partial charge in [0.2, 0.25) is 0 Å². The number of amides is 1. The standard InChI is InChI=1S/C18H18ClN3O2/c1-3-22(4-2)17-10-9-16(24-17)11-13(12-20)18(23)21-15-7-5-14(19)6-8-15/h5-11H,3-4H2,1-2H3,(H,21,23)/b13-11+. The Balaban J connectivity index is 2.15. The van der Waals surface area contributed by atoms with Crippen LogP contribution in [0.25, 0.3) is 6.08 Å². The van der Waals surface area contributed by atoms with Crippen LogP contribution >= 0.6 is 11.6 Å². The highest BCUT2D eigenvalue weighted by Crippen LogP contribution is 2.21. The van der Waals surface area contributed by atoms with E-state index in [0.29, 0.717) is 22.4 Å². The minimum Gasteiger partial charge on any atom is -0.441 e. The minimum absolute atomic E-state index is 0.0367. The number of nitrogens with zero attached hydrogens (tertiary/aromatic N) is 2. The van der Waals surface area contributed by atoms with Gasteiger partial charge >= 0.3 is 0 Å². The maximum Gasteiger partial charge on any atom is 0.266 e. The molecular formula is C18H18ClN3O2. The lowest BCUT2D eigenvalue weighted by molar-refractivity contribution is -0.112. The van der Waals surface area contributed by atoms with Crippen LogP contribution in [0, 0.1) is 11.3 Å². The van der Waals surface area contributed by atoms with Crippen molar-refractivity contribution in [1.29, 1.82) is 5.26 Å². The molecule has 0 radical (unpaired) electrons. The van der Waals surface area contributed by atoms with Crippen LogP contribution in [0.1, 0.15) is 19.6 Å². The van der Waals surface area contributed by atoms with Gasteiger partial charge in [-0.2, -0.15) is 5.26 Å². The summed E-state index contributed by atoms with van der Waals surface area (Å²) in [6.45, 7) is 5.69. The molecule has 2 rings (SSSR count). The molecule has 0 aliphatic heterocycles. The van der Waals surface area contributed by atoms with Crippen molar-refractivity contribution in [3.63, 3.8) is 0 Å². The van der Waals surface area contributed by atoms with Crippen LogP contribution in [0.5, 0.6) is 0 Å². The second-order valence-electron chi connectivity index (χ2n) is 4.98. The summed E-state index contributed by atoms with van der Waals surface area (Å²) >= 11 is 5.80. The predicted molar refractivity (Wildman–Crippen MR) is 95.9 cm³/mol. The summed E-state index contributed by atoms with van der Waals surface area (Å²) in [4.78, 5) is 14.2. The van der Waals surface area contributed by atoms with Gasteiger partial charge in [0.1, 0.15) is 17.4 Å². The fourth-order valence-electron chi connectivity index (χ4n) is 2.15. The number of nitrogens with one attached hydrogen (secondary N) is 1. The summed E-state index contributed by atoms with van der Waals surface area (Å²) in [6.07, 6.45) is 1.43. The molecule has 1 amide bonds. The molecule has 0 fully saturated rings. The van der Waals surface area contributed by atoms with E-state index in [2.05, 4.69) is 5.32 Å². The van der Waals surface area contributed by atoms with E-state index < -0.39 is 5.91 Å². The molecule has 0 aliphatic carbocycles. The summed E-state index contributed by atoms with van der Waals surface area (Å²) in [5.74, 6) is 0.668. The monoisotopic (exact) mass is 343 g/mol. The fraction of sp³-hybridized carbons (Fsp3) is 0.222. The van der Waals surface area contributed by atoms with Gasteiger partial charge in [0, 0.05) is 35.9 Å². The second kappa shape index (κ2) is 8.23. The van der Waals surface area contributed by atoms with Crippen LogP contribution in [0.15, 0.2) is 46.4 Å². The normalized spacial score (nSPS) is 11.0. The third-order valence-corrected chi connectivity index (χ3v) is 3.69. The summed E-state index contributed by atoms with van der Waals surface area (Å²) in [6, 6.07) is 12.1. The number of carbonyl (C=O) groups excluding carboxylic acids is 1. The van der Waals surface area contributed by atoms with Gasteiger partial charge < -0.3 is 14.6 Å². The molecule has 0 bridgehead atoms. The molecular weight excluding hydrogens is 326 g/mol. The zero-order valence-electron chi connectivity index (χ0n) is 13.5. The first-order valence-electron chi connectivity index (χ1n) is 7.60. The van der Waals surface area contributed by atoms with Gasteiger partial charge in [0.25, 0.3) is 5.91 Å². The highest BCUT2D eigenvalue weighted by atomic mass is 35.5. The quantitative estimate of drug-likeness (QED) is 0.626. The Morgan fingerprint density at radius 2 is 1.92 bits per heavy atom. The zero-order valence-corrected chi connectivity index (χ0v) is 14.3. The van der Waals surface area contributed by atoms with Crippen LogP contribution in [0.4, 0.5) is 11.6 Å². The summed E-state index contributed by atoms with van der Waals surface area (Å²) in [5, 5.41) is 12.5. The van der Waals surface area contributed by atoms with Gasteiger partial charge in [0.05, 0.1) is 0 Å². The average molecular weight is 344 g/mol. The Hall–Kier alpha value is -2.71. The molecule has 0 saturated carbocycles. The maximum absolute atomic E-state index is 12.2. The largest absolute Gasteiger partial charge is 0.441 e. The summed E-state index contributed by atoms with van der Waals surface area (Å²) in [7, 11) is 0. The number of nitriles is 1. The number of carbonyl (C=O) groups is 1. The lowest BCUT2D eigenvalue weighted by Gasteiger charge is -2.16. The lowest BCUT2D eigenvalue weighted by atomic mass is 10.2. The van der Waals surface area contributed by atoms with Gasteiger partial charge in [-0.05, 0) is 44.2 Å². The minimum atomic E-state index is -0.499. The van der Waals surface area contributed by atoms with E-state index in [0.717, 1.165) is 13.1 Å². The van der Waals surface area contributed by atoms with Crippen molar-refractivity contribution in [2.24, 2.45) is 0 Å². The molecule has 24 heavy (non-hydrogen) atoms. The number of hydrogen-bond donors (Lipinski definition) is 1. The highest BCUT2D eigenvalue weighted by Gasteiger charge is 2.12. The number of benzene rings is 1. The number of rotatable bonds is 6. The number of halogens is 1. The van der Waals surface area contributed by atoms with Gasteiger partial charge in [-0.15, -0.1) is 0 Å². The molecule has 0 saturated heterocycles. The Kier molecular flexibility index (Phi) is 6.05. The van der Waals surface area contributed by atoms with E-state index in [1.54, 1.807) is 30.3 Å². The van der Waals surface area contributed by atoms with Crippen molar-refractivity contribution in [1.82, 2.24) is 0 Å². The van der Waals surface area contributed by atoms with Gasteiger partial charge in [0.15, 0.2) is 5.88 Å². The van der Waals surface area contributed by atoms with E-state index in [1.807, 2.05) is 30.9 Å². The van der Waals surface area contributed by atoms with Crippen LogP contribution < -0.4 is 10.2 Å². The highest BCUT2D eigenvalue weighted by molar-refractivity contribution is 6.30. The molecule has 124 valence electrons. The third kappa shape index (κ3) is 4.40. The topological polar surface area (TPSA) is 69.3 Å². The molecule has 1 N–H and O–H groups in total. The molecule has 1 aromatic heterocycles. The van der Waals surface area contributed by atoms with Crippen molar-refractivity contribution >= 4 is 35.2 Å². The fourth-order valence-corrected chi connectivity index (χ4v) is 2.27. The molecule has 1 heterocycles. The first kappa shape index (κ1) is 17.6. The molecule has 0 atom stereocenters. The second-order valence-corrected chi connectivity index (χ2v) is 5.42. The Bertz CT molecular complexity index is 768. The lowest BCUT2D eigenvalue weighted by Crippen LogP contribution is -2.20. The molecule has 2 aromatic rings. The Morgan fingerprint density at radius 3 is 2.50 bits per heavy atom. The van der Waals surface area contributed by atoms with Crippen molar-refractivity contribution in [3.05, 3.63) is 52.8 Å². The molecule has 6 heteroatoms. The first-order valence-corrected chi connectivity index (χ1v) is 7.98. The average Bonchev–Trinajstić information content (AvgIpc) is 3.04.